The van der Waals surface area contributed by atoms with E-state index in [1.165, 1.54) is 56.7 Å². The van der Waals surface area contributed by atoms with E-state index in [0.717, 1.165) is 25.9 Å². The number of ether oxygens (including phenoxy) is 3. The van der Waals surface area contributed by atoms with E-state index in [0.29, 0.717) is 34.1 Å². The average molecular weight is 619 g/mol. The van der Waals surface area contributed by atoms with E-state index in [2.05, 4.69) is 48.5 Å². The number of hydrogen-bond donors (Lipinski definition) is 2. The Hall–Kier alpha value is -2.05. The van der Waals surface area contributed by atoms with E-state index in [9.17, 15) is 15.0 Å². The first-order valence-electron chi connectivity index (χ1n) is 17.7. The normalized spacial score (nSPS) is 50.0. The summed E-state index contributed by atoms with van der Waals surface area (Å²) >= 11 is 0. The van der Waals surface area contributed by atoms with Crippen molar-refractivity contribution in [2.24, 2.45) is 50.2 Å². The Morgan fingerprint density at radius 1 is 0.911 bits per heavy atom. The van der Waals surface area contributed by atoms with Crippen molar-refractivity contribution < 1.29 is 29.2 Å². The third kappa shape index (κ3) is 3.73. The van der Waals surface area contributed by atoms with Crippen molar-refractivity contribution in [2.45, 2.75) is 130 Å². The van der Waals surface area contributed by atoms with Crippen LogP contribution in [-0.2, 0) is 19.0 Å². The molecule has 5 aliphatic carbocycles. The molecule has 45 heavy (non-hydrogen) atoms. The highest BCUT2D eigenvalue weighted by atomic mass is 16.6. The van der Waals surface area contributed by atoms with Crippen LogP contribution in [-0.4, -0.2) is 46.7 Å². The molecule has 6 nitrogen and oxygen atoms in total. The molecule has 11 atom stereocenters. The minimum atomic E-state index is -0.359. The van der Waals surface area contributed by atoms with Crippen molar-refractivity contribution in [1.29, 1.82) is 0 Å². The van der Waals surface area contributed by atoms with Gasteiger partial charge in [0.1, 0.15) is 17.8 Å². The molecule has 2 saturated heterocycles. The highest BCUT2D eigenvalue weighted by Crippen LogP contribution is 2.83. The fraction of sp³-hybridized carbons (Fsp3) is 0.769. The largest absolute Gasteiger partial charge is 0.504 e. The molecular weight excluding hydrogens is 564 g/mol. The van der Waals surface area contributed by atoms with Gasteiger partial charge < -0.3 is 24.4 Å². The summed E-state index contributed by atoms with van der Waals surface area (Å²) in [6.45, 7) is 18.4. The Labute approximate surface area is 269 Å². The number of phenols is 2. The van der Waals surface area contributed by atoms with Crippen LogP contribution in [0.3, 0.4) is 0 Å². The molecule has 0 aromatic heterocycles. The fourth-order valence-corrected chi connectivity index (χ4v) is 13.5. The minimum Gasteiger partial charge on any atom is -0.504 e. The highest BCUT2D eigenvalue weighted by molar-refractivity contribution is 5.87. The molecule has 2 heterocycles. The van der Waals surface area contributed by atoms with Gasteiger partial charge in [0.05, 0.1) is 12.7 Å². The number of epoxide rings is 1. The van der Waals surface area contributed by atoms with Crippen LogP contribution >= 0.6 is 0 Å². The summed E-state index contributed by atoms with van der Waals surface area (Å²) in [5, 5.41) is 19.4. The number of carbonyl (C=O) groups excluding carboxylic acids is 1. The summed E-state index contributed by atoms with van der Waals surface area (Å²) in [4.78, 5) is 13.1. The predicted molar refractivity (Wildman–Crippen MR) is 172 cm³/mol. The molecule has 5 saturated carbocycles. The van der Waals surface area contributed by atoms with Crippen molar-refractivity contribution in [3.63, 3.8) is 0 Å². The van der Waals surface area contributed by atoms with E-state index < -0.39 is 0 Å². The summed E-state index contributed by atoms with van der Waals surface area (Å²) < 4.78 is 20.5. The Balaban J connectivity index is 1.07. The summed E-state index contributed by atoms with van der Waals surface area (Å²) in [7, 11) is 0. The standard InChI is InChI=1S/C39H54O6/c1-33(2)16-18-38-19-17-37(7)36(6)15-12-26-34(3,4)28(44-29(42)11-9-23-8-10-24(40)25(41)20-23)13-14-35(26,5)31(36)30-32(45-30)39(37,43-22-38)27(38)21-33/h8-11,20,26-28,30-32,40-41H,12-19,21-22H2,1-7H3. The summed E-state index contributed by atoms with van der Waals surface area (Å²) in [5.41, 5.74) is 1.31. The summed E-state index contributed by atoms with van der Waals surface area (Å²) in [5.74, 6) is 0.742. The van der Waals surface area contributed by atoms with E-state index in [4.69, 9.17) is 14.2 Å². The van der Waals surface area contributed by atoms with Crippen molar-refractivity contribution in [3.8, 4) is 11.5 Å². The Bertz CT molecular complexity index is 1460. The predicted octanol–water partition coefficient (Wildman–Crippen LogP) is 8.04. The number of hydrogen-bond acceptors (Lipinski definition) is 6. The van der Waals surface area contributed by atoms with Crippen LogP contribution < -0.4 is 0 Å². The monoisotopic (exact) mass is 618 g/mol. The molecule has 2 aliphatic heterocycles. The van der Waals surface area contributed by atoms with Gasteiger partial charge in [0.2, 0.25) is 0 Å². The van der Waals surface area contributed by atoms with E-state index in [-0.39, 0.29) is 63.0 Å². The Morgan fingerprint density at radius 2 is 1.67 bits per heavy atom. The third-order valence-corrected chi connectivity index (χ3v) is 15.9. The van der Waals surface area contributed by atoms with Crippen LogP contribution in [0.5, 0.6) is 11.5 Å². The molecule has 2 N–H and O–H groups in total. The number of esters is 1. The lowest BCUT2D eigenvalue weighted by atomic mass is 9.31. The average Bonchev–Trinajstić information content (AvgIpc) is 3.70. The summed E-state index contributed by atoms with van der Waals surface area (Å²) in [6, 6.07) is 4.52. The number of carbonyl (C=O) groups is 1. The maximum absolute atomic E-state index is 13.1. The first-order chi connectivity index (χ1) is 21.0. The van der Waals surface area contributed by atoms with E-state index >= 15 is 0 Å². The smallest absolute Gasteiger partial charge is 0.331 e. The van der Waals surface area contributed by atoms with Crippen LogP contribution in [0.1, 0.15) is 112 Å². The van der Waals surface area contributed by atoms with Gasteiger partial charge in [-0.2, -0.15) is 0 Å². The molecule has 11 unspecified atom stereocenters. The second-order valence-electron chi connectivity index (χ2n) is 18.6. The zero-order chi connectivity index (χ0) is 32.0. The maximum Gasteiger partial charge on any atom is 0.331 e. The van der Waals surface area contributed by atoms with E-state index in [1.54, 1.807) is 12.1 Å². The van der Waals surface area contributed by atoms with Gasteiger partial charge in [-0.25, -0.2) is 4.79 Å². The van der Waals surface area contributed by atoms with Crippen molar-refractivity contribution in [3.05, 3.63) is 29.8 Å². The lowest BCUT2D eigenvalue weighted by Crippen LogP contribution is -2.74. The van der Waals surface area contributed by atoms with Gasteiger partial charge in [0.25, 0.3) is 0 Å². The molecule has 6 heteroatoms. The van der Waals surface area contributed by atoms with Gasteiger partial charge in [-0.1, -0.05) is 54.5 Å². The molecule has 1 aromatic rings. The van der Waals surface area contributed by atoms with Crippen molar-refractivity contribution in [1.82, 2.24) is 0 Å². The molecule has 7 aliphatic rings. The number of rotatable bonds is 3. The third-order valence-electron chi connectivity index (χ3n) is 15.9. The number of aromatic hydroxyl groups is 2. The highest BCUT2D eigenvalue weighted by Gasteiger charge is 2.86. The van der Waals surface area contributed by atoms with Crippen LogP contribution in [0.25, 0.3) is 6.08 Å². The molecule has 7 fully saturated rings. The molecule has 246 valence electrons. The number of fused-ring (bicyclic) bond motifs is 6. The number of phenolic OH excluding ortho intramolecular Hbond substituents is 2. The fourth-order valence-electron chi connectivity index (χ4n) is 13.5. The Kier molecular flexibility index (Phi) is 6.12. The maximum atomic E-state index is 13.1. The first-order valence-corrected chi connectivity index (χ1v) is 17.7. The van der Waals surface area contributed by atoms with Gasteiger partial charge >= 0.3 is 5.97 Å². The van der Waals surface area contributed by atoms with Crippen LogP contribution in [0.4, 0.5) is 0 Å². The Morgan fingerprint density at radius 3 is 2.42 bits per heavy atom. The minimum absolute atomic E-state index is 0.0787. The van der Waals surface area contributed by atoms with Crippen molar-refractivity contribution in [2.75, 3.05) is 6.61 Å². The molecule has 1 aromatic carbocycles. The van der Waals surface area contributed by atoms with Gasteiger partial charge in [-0.15, -0.1) is 0 Å². The first kappa shape index (κ1) is 30.3. The second kappa shape index (κ2) is 9.09. The van der Waals surface area contributed by atoms with Crippen LogP contribution in [0.15, 0.2) is 24.3 Å². The van der Waals surface area contributed by atoms with Crippen molar-refractivity contribution >= 4 is 12.0 Å². The quantitative estimate of drug-likeness (QED) is 0.154. The molecule has 0 radical (unpaired) electrons. The van der Waals surface area contributed by atoms with Crippen LogP contribution in [0.2, 0.25) is 0 Å². The molecule has 2 bridgehead atoms. The number of benzene rings is 1. The topological polar surface area (TPSA) is 88.5 Å². The lowest BCUT2D eigenvalue weighted by molar-refractivity contribution is -0.276. The van der Waals surface area contributed by atoms with Crippen LogP contribution in [0, 0.1) is 50.2 Å². The summed E-state index contributed by atoms with van der Waals surface area (Å²) in [6.07, 6.45) is 14.0. The molecule has 0 amide bonds. The van der Waals surface area contributed by atoms with Gasteiger partial charge in [0.15, 0.2) is 11.5 Å². The molecule has 1 spiro atoms. The zero-order valence-electron chi connectivity index (χ0n) is 28.4. The molecular formula is C39H54O6. The molecule has 8 rings (SSSR count). The van der Waals surface area contributed by atoms with E-state index in [1.807, 2.05) is 0 Å². The lowest BCUT2D eigenvalue weighted by Gasteiger charge is -2.73. The van der Waals surface area contributed by atoms with Gasteiger partial charge in [-0.05, 0) is 121 Å². The second-order valence-corrected chi connectivity index (χ2v) is 18.6. The van der Waals surface area contributed by atoms with Gasteiger partial charge in [0, 0.05) is 16.9 Å². The SMILES string of the molecule is CC1(C)CCC23CCC4(C)C5(C)CCC6C(C)(C)C(OC(=O)C=Cc7ccc(O)c(O)c7)CCC6(C)C5C5OC5C4(OC2)C3C1. The van der Waals surface area contributed by atoms with Gasteiger partial charge in [-0.3, -0.25) is 0 Å². The zero-order valence-corrected chi connectivity index (χ0v) is 28.4.